The van der Waals surface area contributed by atoms with Crippen molar-refractivity contribution < 1.29 is 4.74 Å². The summed E-state index contributed by atoms with van der Waals surface area (Å²) in [6.45, 7) is 0. The van der Waals surface area contributed by atoms with Crippen molar-refractivity contribution >= 4 is 38.1 Å². The Morgan fingerprint density at radius 1 is 1.25 bits per heavy atom. The molecular weight excluding hydrogens is 340 g/mol. The van der Waals surface area contributed by atoms with Gasteiger partial charge in [-0.25, -0.2) is 0 Å². The first-order valence-corrected chi connectivity index (χ1v) is 6.88. The number of nitrogens with zero attached hydrogens (tertiary/aromatic N) is 2. The molecule has 100 valence electrons. The van der Waals surface area contributed by atoms with E-state index >= 15 is 0 Å². The van der Waals surface area contributed by atoms with Crippen molar-refractivity contribution in [2.45, 2.75) is 0 Å². The lowest BCUT2D eigenvalue weighted by molar-refractivity contribution is 0.412. The van der Waals surface area contributed by atoms with Gasteiger partial charge in [-0.05, 0) is 57.4 Å². The number of allylic oxidation sites excluding steroid dienone is 1. The van der Waals surface area contributed by atoms with Crippen LogP contribution in [0.1, 0.15) is 11.1 Å². The fourth-order valence-corrected chi connectivity index (χ4v) is 2.52. The molecule has 20 heavy (non-hydrogen) atoms. The molecule has 0 fully saturated rings. The molecular formula is C15H10BrClN2O. The van der Waals surface area contributed by atoms with E-state index in [9.17, 15) is 5.26 Å². The quantitative estimate of drug-likeness (QED) is 0.767. The number of ether oxygens (including phenoxy) is 1. The van der Waals surface area contributed by atoms with Crippen LogP contribution in [0.3, 0.4) is 0 Å². The maximum atomic E-state index is 9.33. The minimum absolute atomic E-state index is 0.391. The lowest BCUT2D eigenvalue weighted by atomic mass is 10.0. The van der Waals surface area contributed by atoms with E-state index in [-0.39, 0.29) is 0 Å². The Bertz CT molecular complexity index is 693. The molecule has 5 heteroatoms. The smallest absolute Gasteiger partial charge is 0.133 e. The van der Waals surface area contributed by atoms with Crippen LogP contribution in [0.25, 0.3) is 10.6 Å². The van der Waals surface area contributed by atoms with Crippen molar-refractivity contribution in [3.63, 3.8) is 0 Å². The molecule has 1 aromatic heterocycles. The largest absolute Gasteiger partial charge is 0.496 e. The molecule has 1 aromatic carbocycles. The topological polar surface area (TPSA) is 45.9 Å². The summed E-state index contributed by atoms with van der Waals surface area (Å²) in [4.78, 5) is 3.93. The summed E-state index contributed by atoms with van der Waals surface area (Å²) in [6.07, 6.45) is 3.25. The molecule has 0 saturated carbocycles. The average molecular weight is 350 g/mol. The van der Waals surface area contributed by atoms with E-state index in [0.717, 1.165) is 15.6 Å². The Kier molecular flexibility index (Phi) is 4.78. The Labute approximate surface area is 130 Å². The van der Waals surface area contributed by atoms with Gasteiger partial charge in [-0.1, -0.05) is 11.6 Å². The fourth-order valence-electron chi connectivity index (χ4n) is 1.71. The van der Waals surface area contributed by atoms with Crippen molar-refractivity contribution in [1.29, 1.82) is 5.26 Å². The van der Waals surface area contributed by atoms with E-state index in [2.05, 4.69) is 27.0 Å². The first kappa shape index (κ1) is 14.6. The fraction of sp³-hybridized carbons (Fsp3) is 0.0667. The van der Waals surface area contributed by atoms with Gasteiger partial charge in [-0.3, -0.25) is 4.98 Å². The van der Waals surface area contributed by atoms with E-state index < -0.39 is 0 Å². The number of rotatable bonds is 3. The van der Waals surface area contributed by atoms with Gasteiger partial charge in [-0.2, -0.15) is 5.26 Å². The molecule has 0 bridgehead atoms. The zero-order chi connectivity index (χ0) is 14.5. The SMILES string of the molecule is COc1ccc(/C(Cl)=C(/C#N)c2ccncc2)cc1Br. The number of pyridine rings is 1. The monoisotopic (exact) mass is 348 g/mol. The highest BCUT2D eigenvalue weighted by molar-refractivity contribution is 9.10. The lowest BCUT2D eigenvalue weighted by Gasteiger charge is -2.07. The summed E-state index contributed by atoms with van der Waals surface area (Å²) in [7, 11) is 1.59. The maximum Gasteiger partial charge on any atom is 0.133 e. The zero-order valence-electron chi connectivity index (χ0n) is 10.6. The predicted octanol–water partition coefficient (Wildman–Crippen LogP) is 4.48. The molecule has 0 spiro atoms. The van der Waals surface area contributed by atoms with Crippen LogP contribution in [-0.4, -0.2) is 12.1 Å². The molecule has 0 aliphatic heterocycles. The first-order chi connectivity index (χ1) is 9.67. The Morgan fingerprint density at radius 3 is 2.50 bits per heavy atom. The molecule has 0 unspecified atom stereocenters. The third-order valence-corrected chi connectivity index (χ3v) is 3.73. The predicted molar refractivity (Wildman–Crippen MR) is 83.2 cm³/mol. The number of aromatic nitrogens is 1. The second-order valence-corrected chi connectivity index (χ2v) is 5.12. The van der Waals surface area contributed by atoms with Crippen LogP contribution < -0.4 is 4.74 Å². The summed E-state index contributed by atoms with van der Waals surface area (Å²) in [5.74, 6) is 0.709. The highest BCUT2D eigenvalue weighted by atomic mass is 79.9. The van der Waals surface area contributed by atoms with Gasteiger partial charge in [0.1, 0.15) is 11.8 Å². The summed E-state index contributed by atoms with van der Waals surface area (Å²) in [5.41, 5.74) is 1.89. The number of methoxy groups -OCH3 is 1. The molecule has 0 N–H and O–H groups in total. The normalized spacial score (nSPS) is 11.5. The number of nitriles is 1. The molecule has 0 radical (unpaired) electrons. The summed E-state index contributed by atoms with van der Waals surface area (Å²) in [5, 5.41) is 9.72. The number of halogens is 2. The van der Waals surface area contributed by atoms with Crippen molar-refractivity contribution in [2.24, 2.45) is 0 Å². The Morgan fingerprint density at radius 2 is 1.95 bits per heavy atom. The van der Waals surface area contributed by atoms with Gasteiger partial charge < -0.3 is 4.74 Å². The van der Waals surface area contributed by atoms with E-state index in [4.69, 9.17) is 16.3 Å². The minimum Gasteiger partial charge on any atom is -0.496 e. The minimum atomic E-state index is 0.391. The van der Waals surface area contributed by atoms with Gasteiger partial charge in [0, 0.05) is 12.4 Å². The molecule has 0 amide bonds. The van der Waals surface area contributed by atoms with Gasteiger partial charge in [0.05, 0.1) is 22.2 Å². The first-order valence-electron chi connectivity index (χ1n) is 5.71. The van der Waals surface area contributed by atoms with Crippen LogP contribution in [0, 0.1) is 11.3 Å². The van der Waals surface area contributed by atoms with Crippen LogP contribution in [0.4, 0.5) is 0 Å². The van der Waals surface area contributed by atoms with E-state index in [1.165, 1.54) is 0 Å². The summed E-state index contributed by atoms with van der Waals surface area (Å²) < 4.78 is 5.95. The van der Waals surface area contributed by atoms with Gasteiger partial charge >= 0.3 is 0 Å². The molecule has 1 heterocycles. The van der Waals surface area contributed by atoms with Crippen LogP contribution in [0.5, 0.6) is 5.75 Å². The van der Waals surface area contributed by atoms with Gasteiger partial charge in [0.25, 0.3) is 0 Å². The van der Waals surface area contributed by atoms with Crippen LogP contribution in [0.2, 0.25) is 0 Å². The third kappa shape index (κ3) is 3.01. The molecule has 0 atom stereocenters. The standard InChI is InChI=1S/C15H10BrClN2O/c1-20-14-3-2-11(8-13(14)16)15(17)12(9-18)10-4-6-19-7-5-10/h2-8H,1H3/b15-12+. The Balaban J connectivity index is 2.52. The maximum absolute atomic E-state index is 9.33. The molecule has 0 saturated heterocycles. The van der Waals surface area contributed by atoms with Crippen LogP contribution >= 0.6 is 27.5 Å². The Hall–Kier alpha value is -1.83. The second-order valence-electron chi connectivity index (χ2n) is 3.89. The highest BCUT2D eigenvalue weighted by Gasteiger charge is 2.11. The summed E-state index contributed by atoms with van der Waals surface area (Å²) >= 11 is 9.75. The van der Waals surface area contributed by atoms with Gasteiger partial charge in [0.15, 0.2) is 0 Å². The highest BCUT2D eigenvalue weighted by Crippen LogP contribution is 2.33. The van der Waals surface area contributed by atoms with Crippen molar-refractivity contribution in [3.05, 3.63) is 58.3 Å². The average Bonchev–Trinajstić information content (AvgIpc) is 2.49. The number of benzene rings is 1. The molecule has 0 aliphatic rings. The van der Waals surface area contributed by atoms with Crippen molar-refractivity contribution in [1.82, 2.24) is 4.98 Å². The molecule has 2 rings (SSSR count). The number of hydrogen-bond donors (Lipinski definition) is 0. The summed E-state index contributed by atoms with van der Waals surface area (Å²) in [6, 6.07) is 11.1. The van der Waals surface area contributed by atoms with Gasteiger partial charge in [-0.15, -0.1) is 0 Å². The van der Waals surface area contributed by atoms with Crippen molar-refractivity contribution in [3.8, 4) is 11.8 Å². The zero-order valence-corrected chi connectivity index (χ0v) is 12.9. The molecule has 3 nitrogen and oxygen atoms in total. The van der Waals surface area contributed by atoms with Crippen LogP contribution in [-0.2, 0) is 0 Å². The van der Waals surface area contributed by atoms with E-state index in [0.29, 0.717) is 16.4 Å². The van der Waals surface area contributed by atoms with Crippen molar-refractivity contribution in [2.75, 3.05) is 7.11 Å². The second kappa shape index (κ2) is 6.56. The third-order valence-electron chi connectivity index (χ3n) is 2.71. The van der Waals surface area contributed by atoms with Gasteiger partial charge in [0.2, 0.25) is 0 Å². The molecule has 0 aliphatic carbocycles. The lowest BCUT2D eigenvalue weighted by Crippen LogP contribution is -1.89. The van der Waals surface area contributed by atoms with E-state index in [1.54, 1.807) is 37.7 Å². The number of hydrogen-bond acceptors (Lipinski definition) is 3. The van der Waals surface area contributed by atoms with Crippen LogP contribution in [0.15, 0.2) is 47.2 Å². The van der Waals surface area contributed by atoms with E-state index in [1.807, 2.05) is 12.1 Å². The molecule has 2 aromatic rings.